The lowest BCUT2D eigenvalue weighted by Crippen LogP contribution is -2.30. The predicted molar refractivity (Wildman–Crippen MR) is 73.3 cm³/mol. The number of carboxylic acid groups (broad SMARTS) is 1. The van der Waals surface area contributed by atoms with Gasteiger partial charge in [0, 0.05) is 32.7 Å². The van der Waals surface area contributed by atoms with Crippen LogP contribution in [0.25, 0.3) is 0 Å². The van der Waals surface area contributed by atoms with Crippen molar-refractivity contribution in [2.75, 3.05) is 19.6 Å². The van der Waals surface area contributed by atoms with Crippen molar-refractivity contribution in [3.05, 3.63) is 34.9 Å². The molecule has 1 fully saturated rings. The van der Waals surface area contributed by atoms with Crippen LogP contribution < -0.4 is 0 Å². The fourth-order valence-corrected chi connectivity index (χ4v) is 3.41. The second kappa shape index (κ2) is 5.46. The number of likely N-dealkylation sites (tertiary alicyclic amines) is 1. The van der Waals surface area contributed by atoms with Crippen molar-refractivity contribution in [3.8, 4) is 0 Å². The van der Waals surface area contributed by atoms with Crippen LogP contribution in [-0.2, 0) is 19.3 Å². The third kappa shape index (κ3) is 2.90. The summed E-state index contributed by atoms with van der Waals surface area (Å²) < 4.78 is 39.1. The molecule has 120 valence electrons. The summed E-state index contributed by atoms with van der Waals surface area (Å²) in [5.74, 6) is 0.194. The van der Waals surface area contributed by atoms with Gasteiger partial charge < -0.3 is 10.0 Å². The van der Waals surface area contributed by atoms with Crippen molar-refractivity contribution >= 4 is 6.09 Å². The standard InChI is InChI=1S/C15H17F3N2O2/c16-15(17,18)13-3-1-2-11-8-19(9-12(11)13)6-10-4-5-20(7-10)14(21)22/h1-3,10H,4-9H2,(H,21,22)/t10-/m0/s1. The lowest BCUT2D eigenvalue weighted by atomic mass is 10.0. The number of rotatable bonds is 2. The second-order valence-electron chi connectivity index (χ2n) is 5.99. The zero-order valence-corrected chi connectivity index (χ0v) is 11.9. The summed E-state index contributed by atoms with van der Waals surface area (Å²) >= 11 is 0. The molecular formula is C15H17F3N2O2. The molecule has 2 heterocycles. The van der Waals surface area contributed by atoms with Crippen molar-refractivity contribution in [1.82, 2.24) is 9.80 Å². The Morgan fingerprint density at radius 1 is 1.32 bits per heavy atom. The summed E-state index contributed by atoms with van der Waals surface area (Å²) in [7, 11) is 0. The zero-order chi connectivity index (χ0) is 15.9. The van der Waals surface area contributed by atoms with Gasteiger partial charge in [0.15, 0.2) is 0 Å². The molecule has 7 heteroatoms. The van der Waals surface area contributed by atoms with E-state index < -0.39 is 17.8 Å². The second-order valence-corrected chi connectivity index (χ2v) is 5.99. The van der Waals surface area contributed by atoms with Gasteiger partial charge in [0.25, 0.3) is 0 Å². The van der Waals surface area contributed by atoms with Crippen LogP contribution >= 0.6 is 0 Å². The summed E-state index contributed by atoms with van der Waals surface area (Å²) in [5, 5.41) is 8.95. The van der Waals surface area contributed by atoms with E-state index in [1.165, 1.54) is 11.0 Å². The number of hydrogen-bond acceptors (Lipinski definition) is 2. The Morgan fingerprint density at radius 3 is 2.73 bits per heavy atom. The number of halogens is 3. The maximum absolute atomic E-state index is 13.0. The van der Waals surface area contributed by atoms with Gasteiger partial charge in [-0.25, -0.2) is 4.79 Å². The Hall–Kier alpha value is -1.76. The summed E-state index contributed by atoms with van der Waals surface area (Å²) in [6.45, 7) is 2.40. The lowest BCUT2D eigenvalue weighted by molar-refractivity contribution is -0.138. The normalized spacial score (nSPS) is 22.1. The van der Waals surface area contributed by atoms with Gasteiger partial charge in [0.05, 0.1) is 5.56 Å². The third-order valence-electron chi connectivity index (χ3n) is 4.43. The van der Waals surface area contributed by atoms with Crippen LogP contribution in [0.15, 0.2) is 18.2 Å². The van der Waals surface area contributed by atoms with Crippen molar-refractivity contribution < 1.29 is 23.1 Å². The van der Waals surface area contributed by atoms with E-state index in [-0.39, 0.29) is 12.5 Å². The minimum atomic E-state index is -4.32. The van der Waals surface area contributed by atoms with Crippen LogP contribution in [0.2, 0.25) is 0 Å². The molecular weight excluding hydrogens is 297 g/mol. The van der Waals surface area contributed by atoms with Crippen molar-refractivity contribution in [2.24, 2.45) is 5.92 Å². The van der Waals surface area contributed by atoms with Crippen LogP contribution in [0.4, 0.5) is 18.0 Å². The number of benzene rings is 1. The fraction of sp³-hybridized carbons (Fsp3) is 0.533. The van der Waals surface area contributed by atoms with Gasteiger partial charge in [0.2, 0.25) is 0 Å². The molecule has 0 spiro atoms. The molecule has 2 aliphatic heterocycles. The van der Waals surface area contributed by atoms with Gasteiger partial charge in [-0.3, -0.25) is 4.90 Å². The van der Waals surface area contributed by atoms with Gasteiger partial charge in [0.1, 0.15) is 0 Å². The first-order chi connectivity index (χ1) is 10.3. The molecule has 3 rings (SSSR count). The van der Waals surface area contributed by atoms with Crippen LogP contribution in [0.3, 0.4) is 0 Å². The number of nitrogens with zero attached hydrogens (tertiary/aromatic N) is 2. The molecule has 1 aromatic rings. The molecule has 0 aromatic heterocycles. The molecule has 0 bridgehead atoms. The quantitative estimate of drug-likeness (QED) is 0.912. The SMILES string of the molecule is O=C(O)N1CC[C@@H](CN2Cc3cccc(C(F)(F)F)c3C2)C1. The molecule has 4 nitrogen and oxygen atoms in total. The van der Waals surface area contributed by atoms with E-state index in [2.05, 4.69) is 0 Å². The monoisotopic (exact) mass is 314 g/mol. The summed E-state index contributed by atoms with van der Waals surface area (Å²) in [4.78, 5) is 14.3. The minimum absolute atomic E-state index is 0.194. The average Bonchev–Trinajstić information content (AvgIpc) is 3.03. The largest absolute Gasteiger partial charge is 0.465 e. The Kier molecular flexibility index (Phi) is 3.76. The Balaban J connectivity index is 1.67. The van der Waals surface area contributed by atoms with Crippen molar-refractivity contribution in [2.45, 2.75) is 25.7 Å². The topological polar surface area (TPSA) is 43.8 Å². The molecule has 1 N–H and O–H groups in total. The first-order valence-electron chi connectivity index (χ1n) is 7.23. The van der Waals surface area contributed by atoms with E-state index >= 15 is 0 Å². The third-order valence-corrected chi connectivity index (χ3v) is 4.43. The molecule has 0 aliphatic carbocycles. The van der Waals surface area contributed by atoms with Gasteiger partial charge >= 0.3 is 12.3 Å². The predicted octanol–water partition coefficient (Wildman–Crippen LogP) is 3.02. The average molecular weight is 314 g/mol. The Bertz CT molecular complexity index is 589. The number of hydrogen-bond donors (Lipinski definition) is 1. The van der Waals surface area contributed by atoms with Gasteiger partial charge in [-0.05, 0) is 29.5 Å². The molecule has 0 saturated carbocycles. The number of fused-ring (bicyclic) bond motifs is 1. The molecule has 22 heavy (non-hydrogen) atoms. The van der Waals surface area contributed by atoms with Gasteiger partial charge in [-0.15, -0.1) is 0 Å². The van der Waals surface area contributed by atoms with Crippen LogP contribution in [0.5, 0.6) is 0 Å². The number of carbonyl (C=O) groups is 1. The highest BCUT2D eigenvalue weighted by atomic mass is 19.4. The van der Waals surface area contributed by atoms with E-state index in [0.717, 1.165) is 18.1 Å². The van der Waals surface area contributed by atoms with E-state index in [1.807, 2.05) is 4.90 Å². The Morgan fingerprint density at radius 2 is 2.09 bits per heavy atom. The first-order valence-corrected chi connectivity index (χ1v) is 7.23. The van der Waals surface area contributed by atoms with Gasteiger partial charge in [-0.1, -0.05) is 12.1 Å². The summed E-state index contributed by atoms with van der Waals surface area (Å²) in [5.41, 5.74) is 0.539. The Labute approximate surface area is 126 Å². The fourth-order valence-electron chi connectivity index (χ4n) is 3.41. The summed E-state index contributed by atoms with van der Waals surface area (Å²) in [6.07, 6.45) is -4.48. The van der Waals surface area contributed by atoms with Crippen LogP contribution in [-0.4, -0.2) is 40.6 Å². The molecule has 2 aliphatic rings. The molecule has 1 atom stereocenters. The number of amides is 1. The smallest absolute Gasteiger partial charge is 0.416 e. The van der Waals surface area contributed by atoms with Crippen molar-refractivity contribution in [3.63, 3.8) is 0 Å². The van der Waals surface area contributed by atoms with Crippen molar-refractivity contribution in [1.29, 1.82) is 0 Å². The van der Waals surface area contributed by atoms with Crippen LogP contribution in [0.1, 0.15) is 23.1 Å². The lowest BCUT2D eigenvalue weighted by Gasteiger charge is -2.20. The van der Waals surface area contributed by atoms with E-state index in [0.29, 0.717) is 31.7 Å². The highest BCUT2D eigenvalue weighted by Gasteiger charge is 2.37. The zero-order valence-electron chi connectivity index (χ0n) is 11.9. The number of alkyl halides is 3. The highest BCUT2D eigenvalue weighted by Crippen LogP contribution is 2.37. The molecule has 1 aromatic carbocycles. The van der Waals surface area contributed by atoms with Gasteiger partial charge in [-0.2, -0.15) is 13.2 Å². The van der Waals surface area contributed by atoms with E-state index in [9.17, 15) is 18.0 Å². The molecule has 0 unspecified atom stereocenters. The maximum atomic E-state index is 13.0. The molecule has 1 amide bonds. The minimum Gasteiger partial charge on any atom is -0.465 e. The highest BCUT2D eigenvalue weighted by molar-refractivity contribution is 5.65. The van der Waals surface area contributed by atoms with E-state index in [1.54, 1.807) is 6.07 Å². The van der Waals surface area contributed by atoms with Crippen LogP contribution in [0, 0.1) is 5.92 Å². The first kappa shape index (κ1) is 15.1. The maximum Gasteiger partial charge on any atom is 0.416 e. The molecule has 0 radical (unpaired) electrons. The summed E-state index contributed by atoms with van der Waals surface area (Å²) in [6, 6.07) is 4.32. The molecule has 1 saturated heterocycles. The van der Waals surface area contributed by atoms with E-state index in [4.69, 9.17) is 5.11 Å².